The van der Waals surface area contributed by atoms with Crippen LogP contribution < -0.4 is 4.72 Å². The third kappa shape index (κ3) is 6.20. The topological polar surface area (TPSA) is 86.7 Å². The third-order valence-corrected chi connectivity index (χ3v) is 5.69. The van der Waals surface area contributed by atoms with Gasteiger partial charge in [0.05, 0.1) is 17.1 Å². The van der Waals surface area contributed by atoms with E-state index < -0.39 is 21.8 Å². The number of halogens is 3. The van der Waals surface area contributed by atoms with E-state index in [4.69, 9.17) is 5.11 Å². The van der Waals surface area contributed by atoms with Crippen molar-refractivity contribution in [2.24, 2.45) is 0 Å². The van der Waals surface area contributed by atoms with Crippen LogP contribution in [0, 0.1) is 0 Å². The number of aliphatic hydroxyl groups is 1. The molecule has 0 unspecified atom stereocenters. The normalized spacial score (nSPS) is 11.9. The molecule has 2 aromatic rings. The van der Waals surface area contributed by atoms with Gasteiger partial charge in [-0.3, -0.25) is 9.52 Å². The number of anilines is 1. The Balaban J connectivity index is 2.19. The molecule has 0 aliphatic heterocycles. The lowest BCUT2D eigenvalue weighted by atomic mass is 10.2. The van der Waals surface area contributed by atoms with Crippen LogP contribution in [0.5, 0.6) is 0 Å². The molecule has 0 fully saturated rings. The summed E-state index contributed by atoms with van der Waals surface area (Å²) in [5, 5.41) is 9.14. The fourth-order valence-electron chi connectivity index (χ4n) is 2.72. The Morgan fingerprint density at radius 3 is 2.33 bits per heavy atom. The van der Waals surface area contributed by atoms with Crippen LogP contribution in [-0.2, 0) is 16.2 Å². The number of hydrogen-bond donors (Lipinski definition) is 2. The fraction of sp³-hybridized carbons (Fsp3) is 0.350. The van der Waals surface area contributed by atoms with E-state index in [-0.39, 0.29) is 35.2 Å². The lowest BCUT2D eigenvalue weighted by molar-refractivity contribution is -0.137. The van der Waals surface area contributed by atoms with E-state index in [0.29, 0.717) is 12.6 Å². The zero-order valence-electron chi connectivity index (χ0n) is 16.3. The first-order valence-electron chi connectivity index (χ1n) is 9.28. The quantitative estimate of drug-likeness (QED) is 0.617. The fourth-order valence-corrected chi connectivity index (χ4v) is 3.77. The van der Waals surface area contributed by atoms with Crippen LogP contribution in [0.2, 0.25) is 0 Å². The van der Waals surface area contributed by atoms with Gasteiger partial charge in [0, 0.05) is 24.3 Å². The number of aliphatic hydroxyl groups excluding tert-OH is 1. The van der Waals surface area contributed by atoms with Gasteiger partial charge in [0.1, 0.15) is 0 Å². The number of carbonyl (C=O) groups excluding carboxylic acids is 1. The minimum absolute atomic E-state index is 0.163. The van der Waals surface area contributed by atoms with Gasteiger partial charge in [0.15, 0.2) is 0 Å². The maximum Gasteiger partial charge on any atom is 0.416 e. The van der Waals surface area contributed by atoms with E-state index in [1.807, 2.05) is 6.92 Å². The Morgan fingerprint density at radius 2 is 1.77 bits per heavy atom. The molecule has 0 aromatic heterocycles. The summed E-state index contributed by atoms with van der Waals surface area (Å²) in [5.74, 6) is -0.340. The standard InChI is InChI=1S/C20H23F3N2O4S/c1-2-3-11-25(12-13-26)19(27)15-7-9-18(10-8-15)30(28,29)24-17-6-4-5-16(14-17)20(21,22)23/h4-10,14,24,26H,2-3,11-13H2,1H3. The molecule has 2 N–H and O–H groups in total. The van der Waals surface area contributed by atoms with Crippen molar-refractivity contribution in [1.29, 1.82) is 0 Å². The van der Waals surface area contributed by atoms with Gasteiger partial charge in [-0.15, -0.1) is 0 Å². The summed E-state index contributed by atoms with van der Waals surface area (Å²) < 4.78 is 65.5. The first-order valence-corrected chi connectivity index (χ1v) is 10.8. The Bertz CT molecular complexity index is 961. The smallest absolute Gasteiger partial charge is 0.395 e. The first kappa shape index (κ1) is 23.7. The lowest BCUT2D eigenvalue weighted by Crippen LogP contribution is -2.34. The molecule has 0 saturated heterocycles. The highest BCUT2D eigenvalue weighted by Gasteiger charge is 2.30. The second-order valence-corrected chi connectivity index (χ2v) is 8.26. The zero-order valence-corrected chi connectivity index (χ0v) is 17.1. The van der Waals surface area contributed by atoms with Crippen LogP contribution in [0.4, 0.5) is 18.9 Å². The minimum atomic E-state index is -4.60. The maximum atomic E-state index is 12.8. The van der Waals surface area contributed by atoms with Gasteiger partial charge in [0.2, 0.25) is 0 Å². The molecule has 0 bridgehead atoms. The van der Waals surface area contributed by atoms with Gasteiger partial charge in [-0.25, -0.2) is 8.42 Å². The number of nitrogens with zero attached hydrogens (tertiary/aromatic N) is 1. The molecule has 0 atom stereocenters. The van der Waals surface area contributed by atoms with Crippen LogP contribution in [0.15, 0.2) is 53.4 Å². The Hall–Kier alpha value is -2.59. The Labute approximate surface area is 173 Å². The molecule has 0 saturated carbocycles. The highest BCUT2D eigenvalue weighted by Crippen LogP contribution is 2.31. The molecule has 2 aromatic carbocycles. The lowest BCUT2D eigenvalue weighted by Gasteiger charge is -2.21. The molecular formula is C20H23F3N2O4S. The third-order valence-electron chi connectivity index (χ3n) is 4.29. The van der Waals surface area contributed by atoms with Crippen molar-refractivity contribution in [3.05, 3.63) is 59.7 Å². The van der Waals surface area contributed by atoms with Crippen LogP contribution >= 0.6 is 0 Å². The summed E-state index contributed by atoms with van der Waals surface area (Å²) in [4.78, 5) is 13.9. The van der Waals surface area contributed by atoms with Crippen molar-refractivity contribution in [2.75, 3.05) is 24.4 Å². The van der Waals surface area contributed by atoms with Gasteiger partial charge in [0.25, 0.3) is 15.9 Å². The van der Waals surface area contributed by atoms with Crippen molar-refractivity contribution in [1.82, 2.24) is 4.90 Å². The van der Waals surface area contributed by atoms with E-state index in [2.05, 4.69) is 4.72 Å². The van der Waals surface area contributed by atoms with Gasteiger partial charge in [-0.1, -0.05) is 19.4 Å². The molecule has 0 aliphatic rings. The largest absolute Gasteiger partial charge is 0.416 e. The number of alkyl halides is 3. The second kappa shape index (κ2) is 9.94. The monoisotopic (exact) mass is 444 g/mol. The van der Waals surface area contributed by atoms with Gasteiger partial charge >= 0.3 is 6.18 Å². The molecule has 164 valence electrons. The van der Waals surface area contributed by atoms with Crippen molar-refractivity contribution in [3.63, 3.8) is 0 Å². The molecule has 10 heteroatoms. The van der Waals surface area contributed by atoms with E-state index in [1.54, 1.807) is 0 Å². The van der Waals surface area contributed by atoms with Crippen molar-refractivity contribution >= 4 is 21.6 Å². The van der Waals surface area contributed by atoms with Crippen LogP contribution in [-0.4, -0.2) is 44.0 Å². The first-order chi connectivity index (χ1) is 14.1. The highest BCUT2D eigenvalue weighted by molar-refractivity contribution is 7.92. The van der Waals surface area contributed by atoms with Crippen molar-refractivity contribution in [3.8, 4) is 0 Å². The number of hydrogen-bond acceptors (Lipinski definition) is 4. The van der Waals surface area contributed by atoms with Crippen molar-refractivity contribution < 1.29 is 31.5 Å². The average Bonchev–Trinajstić information content (AvgIpc) is 2.70. The summed E-state index contributed by atoms with van der Waals surface area (Å²) in [5.41, 5.74) is -0.948. The molecule has 30 heavy (non-hydrogen) atoms. The van der Waals surface area contributed by atoms with Gasteiger partial charge < -0.3 is 10.0 Å². The van der Waals surface area contributed by atoms with Crippen LogP contribution in [0.25, 0.3) is 0 Å². The Kier molecular flexibility index (Phi) is 7.85. The molecule has 1 amide bonds. The number of sulfonamides is 1. The molecule has 0 aliphatic carbocycles. The predicted octanol–water partition coefficient (Wildman–Crippen LogP) is 3.74. The number of nitrogens with one attached hydrogen (secondary N) is 1. The Morgan fingerprint density at radius 1 is 1.10 bits per heavy atom. The van der Waals surface area contributed by atoms with E-state index in [9.17, 15) is 26.4 Å². The van der Waals surface area contributed by atoms with Crippen LogP contribution in [0.3, 0.4) is 0 Å². The summed E-state index contributed by atoms with van der Waals surface area (Å²) in [6.07, 6.45) is -2.96. The molecule has 0 heterocycles. The minimum Gasteiger partial charge on any atom is -0.395 e. The number of benzene rings is 2. The maximum absolute atomic E-state index is 12.8. The number of unbranched alkanes of at least 4 members (excludes halogenated alkanes) is 1. The summed E-state index contributed by atoms with van der Waals surface area (Å²) in [6, 6.07) is 8.95. The number of carbonyl (C=O) groups is 1. The van der Waals surface area contributed by atoms with Crippen LogP contribution in [0.1, 0.15) is 35.7 Å². The summed E-state index contributed by atoms with van der Waals surface area (Å²) in [7, 11) is -4.14. The predicted molar refractivity (Wildman–Crippen MR) is 107 cm³/mol. The highest BCUT2D eigenvalue weighted by atomic mass is 32.2. The van der Waals surface area contributed by atoms with Crippen molar-refractivity contribution in [2.45, 2.75) is 30.8 Å². The second-order valence-electron chi connectivity index (χ2n) is 6.58. The molecule has 2 rings (SSSR count). The molecular weight excluding hydrogens is 421 g/mol. The zero-order chi connectivity index (χ0) is 22.4. The van der Waals surface area contributed by atoms with Gasteiger partial charge in [-0.05, 0) is 48.9 Å². The van der Waals surface area contributed by atoms with E-state index in [1.165, 1.54) is 35.2 Å². The number of rotatable bonds is 9. The molecule has 0 radical (unpaired) electrons. The van der Waals surface area contributed by atoms with E-state index >= 15 is 0 Å². The average molecular weight is 444 g/mol. The van der Waals surface area contributed by atoms with Gasteiger partial charge in [-0.2, -0.15) is 13.2 Å². The molecule has 6 nitrogen and oxygen atoms in total. The summed E-state index contributed by atoms with van der Waals surface area (Å²) in [6.45, 7) is 2.41. The van der Waals surface area contributed by atoms with E-state index in [0.717, 1.165) is 25.0 Å². The SMILES string of the molecule is CCCCN(CCO)C(=O)c1ccc(S(=O)(=O)Nc2cccc(C(F)(F)F)c2)cc1. The molecule has 0 spiro atoms. The summed E-state index contributed by atoms with van der Waals surface area (Å²) >= 11 is 0. The number of amides is 1.